The van der Waals surface area contributed by atoms with E-state index in [1.54, 1.807) is 12.1 Å². The lowest BCUT2D eigenvalue weighted by atomic mass is 9.77. The van der Waals surface area contributed by atoms with Crippen LogP contribution in [0.3, 0.4) is 0 Å². The number of anilines is 2. The van der Waals surface area contributed by atoms with Crippen LogP contribution in [0.5, 0.6) is 0 Å². The van der Waals surface area contributed by atoms with Gasteiger partial charge >= 0.3 is 0 Å². The highest BCUT2D eigenvalue weighted by atomic mass is 35.5. The van der Waals surface area contributed by atoms with Gasteiger partial charge in [0, 0.05) is 0 Å². The second-order valence-corrected chi connectivity index (χ2v) is 4.38. The molecule has 0 spiro atoms. The number of aliphatic hydroxyl groups excluding tert-OH is 1. The Hall–Kier alpha value is -1.00. The number of aliphatic hydroxyl groups is 1. The van der Waals surface area contributed by atoms with Crippen molar-refractivity contribution in [3.8, 4) is 0 Å². The standard InChI is InChI=1S/C10H14ClN3O/c11-8-3-2-7(12)9(13-8)14-10(6-15)4-1-5-10/h2-3,15H,1,4-6,12H2,(H,13,14). The Kier molecular flexibility index (Phi) is 2.71. The topological polar surface area (TPSA) is 71.2 Å². The molecule has 82 valence electrons. The Labute approximate surface area is 93.5 Å². The zero-order valence-electron chi connectivity index (χ0n) is 8.33. The van der Waals surface area contributed by atoms with Gasteiger partial charge in [0.1, 0.15) is 5.15 Å². The number of aromatic nitrogens is 1. The molecule has 0 aromatic carbocycles. The highest BCUT2D eigenvalue weighted by molar-refractivity contribution is 6.29. The lowest BCUT2D eigenvalue weighted by Crippen LogP contribution is -2.48. The van der Waals surface area contributed by atoms with Crippen molar-refractivity contribution in [3.05, 3.63) is 17.3 Å². The van der Waals surface area contributed by atoms with E-state index in [2.05, 4.69) is 10.3 Å². The molecular formula is C10H14ClN3O. The van der Waals surface area contributed by atoms with Crippen molar-refractivity contribution in [2.45, 2.75) is 24.8 Å². The summed E-state index contributed by atoms with van der Waals surface area (Å²) in [5.41, 5.74) is 6.08. The lowest BCUT2D eigenvalue weighted by molar-refractivity contribution is 0.144. The first-order chi connectivity index (χ1) is 7.15. The van der Waals surface area contributed by atoms with E-state index in [0.717, 1.165) is 19.3 Å². The van der Waals surface area contributed by atoms with Crippen molar-refractivity contribution in [2.75, 3.05) is 17.7 Å². The summed E-state index contributed by atoms with van der Waals surface area (Å²) in [7, 11) is 0. The molecule has 5 heteroatoms. The Balaban J connectivity index is 2.19. The van der Waals surface area contributed by atoms with Crippen molar-refractivity contribution in [1.29, 1.82) is 0 Å². The molecule has 0 unspecified atom stereocenters. The molecule has 0 amide bonds. The number of pyridine rings is 1. The first-order valence-electron chi connectivity index (χ1n) is 4.96. The summed E-state index contributed by atoms with van der Waals surface area (Å²) in [6.07, 6.45) is 3.00. The highest BCUT2D eigenvalue weighted by Gasteiger charge is 2.36. The van der Waals surface area contributed by atoms with Crippen LogP contribution < -0.4 is 11.1 Å². The summed E-state index contributed by atoms with van der Waals surface area (Å²) in [6.45, 7) is 0.0979. The van der Waals surface area contributed by atoms with Crippen LogP contribution in [0, 0.1) is 0 Å². The Bertz CT molecular complexity index is 360. The van der Waals surface area contributed by atoms with Crippen molar-refractivity contribution < 1.29 is 5.11 Å². The summed E-state index contributed by atoms with van der Waals surface area (Å²) < 4.78 is 0. The minimum Gasteiger partial charge on any atom is -0.396 e. The molecule has 0 aliphatic heterocycles. The molecule has 2 rings (SSSR count). The molecule has 0 radical (unpaired) electrons. The maximum Gasteiger partial charge on any atom is 0.151 e. The highest BCUT2D eigenvalue weighted by Crippen LogP contribution is 2.35. The zero-order chi connectivity index (χ0) is 10.9. The van der Waals surface area contributed by atoms with Gasteiger partial charge in [-0.1, -0.05) is 11.6 Å². The number of halogens is 1. The van der Waals surface area contributed by atoms with Gasteiger partial charge in [0.15, 0.2) is 5.82 Å². The number of nitrogen functional groups attached to an aromatic ring is 1. The number of nitrogens with one attached hydrogen (secondary N) is 1. The van der Waals surface area contributed by atoms with E-state index >= 15 is 0 Å². The molecule has 15 heavy (non-hydrogen) atoms. The van der Waals surface area contributed by atoms with E-state index in [-0.39, 0.29) is 12.1 Å². The van der Waals surface area contributed by atoms with Crippen LogP contribution in [-0.2, 0) is 0 Å². The number of nitrogens with two attached hydrogens (primary N) is 1. The van der Waals surface area contributed by atoms with Crippen molar-refractivity contribution in [3.63, 3.8) is 0 Å². The number of nitrogens with zero attached hydrogens (tertiary/aromatic N) is 1. The van der Waals surface area contributed by atoms with E-state index in [0.29, 0.717) is 16.7 Å². The van der Waals surface area contributed by atoms with E-state index in [9.17, 15) is 5.11 Å². The molecular weight excluding hydrogens is 214 g/mol. The van der Waals surface area contributed by atoms with Crippen LogP contribution >= 0.6 is 11.6 Å². The van der Waals surface area contributed by atoms with Crippen LogP contribution in [-0.4, -0.2) is 22.2 Å². The lowest BCUT2D eigenvalue weighted by Gasteiger charge is -2.41. The molecule has 0 atom stereocenters. The fraction of sp³-hybridized carbons (Fsp3) is 0.500. The normalized spacial score (nSPS) is 18.3. The minimum atomic E-state index is -0.244. The van der Waals surface area contributed by atoms with E-state index in [1.807, 2.05) is 0 Å². The average Bonchev–Trinajstić information content (AvgIpc) is 2.17. The largest absolute Gasteiger partial charge is 0.396 e. The summed E-state index contributed by atoms with van der Waals surface area (Å²) in [4.78, 5) is 4.11. The van der Waals surface area contributed by atoms with Gasteiger partial charge in [-0.2, -0.15) is 0 Å². The monoisotopic (exact) mass is 227 g/mol. The van der Waals surface area contributed by atoms with Gasteiger partial charge in [-0.25, -0.2) is 4.98 Å². The molecule has 0 bridgehead atoms. The maximum absolute atomic E-state index is 9.29. The molecule has 1 heterocycles. The summed E-state index contributed by atoms with van der Waals surface area (Å²) in [5, 5.41) is 12.9. The van der Waals surface area contributed by atoms with Gasteiger partial charge in [-0.15, -0.1) is 0 Å². The van der Waals surface area contributed by atoms with E-state index in [1.165, 1.54) is 0 Å². The molecule has 1 aromatic rings. The van der Waals surface area contributed by atoms with Gasteiger partial charge in [-0.05, 0) is 31.4 Å². The fourth-order valence-corrected chi connectivity index (χ4v) is 1.87. The van der Waals surface area contributed by atoms with Crippen LogP contribution in [0.15, 0.2) is 12.1 Å². The second kappa shape index (κ2) is 3.87. The van der Waals surface area contributed by atoms with Crippen LogP contribution in [0.25, 0.3) is 0 Å². The predicted octanol–water partition coefficient (Wildman–Crippen LogP) is 1.64. The van der Waals surface area contributed by atoms with Crippen LogP contribution in [0.1, 0.15) is 19.3 Å². The molecule has 0 saturated heterocycles. The summed E-state index contributed by atoms with van der Waals surface area (Å²) in [5.74, 6) is 0.566. The average molecular weight is 228 g/mol. The summed E-state index contributed by atoms with van der Waals surface area (Å²) in [6, 6.07) is 3.36. The third-order valence-corrected chi connectivity index (χ3v) is 3.10. The number of hydrogen-bond acceptors (Lipinski definition) is 4. The van der Waals surface area contributed by atoms with Crippen molar-refractivity contribution in [1.82, 2.24) is 4.98 Å². The molecule has 4 N–H and O–H groups in total. The molecule has 1 saturated carbocycles. The van der Waals surface area contributed by atoms with Gasteiger partial charge in [0.2, 0.25) is 0 Å². The first kappa shape index (κ1) is 10.5. The third-order valence-electron chi connectivity index (χ3n) is 2.89. The SMILES string of the molecule is Nc1ccc(Cl)nc1NC1(CO)CCC1. The fourth-order valence-electron chi connectivity index (χ4n) is 1.72. The number of hydrogen-bond donors (Lipinski definition) is 3. The van der Waals surface area contributed by atoms with Gasteiger partial charge < -0.3 is 16.2 Å². The van der Waals surface area contributed by atoms with Gasteiger partial charge in [0.05, 0.1) is 17.8 Å². The molecule has 1 aliphatic rings. The Morgan fingerprint density at radius 3 is 2.80 bits per heavy atom. The number of rotatable bonds is 3. The van der Waals surface area contributed by atoms with Crippen molar-refractivity contribution in [2.24, 2.45) is 0 Å². The predicted molar refractivity (Wildman–Crippen MR) is 60.9 cm³/mol. The smallest absolute Gasteiger partial charge is 0.151 e. The Morgan fingerprint density at radius 1 is 1.53 bits per heavy atom. The van der Waals surface area contributed by atoms with Crippen LogP contribution in [0.4, 0.5) is 11.5 Å². The third kappa shape index (κ3) is 2.01. The van der Waals surface area contributed by atoms with Gasteiger partial charge in [0.25, 0.3) is 0 Å². The second-order valence-electron chi connectivity index (χ2n) is 3.99. The molecule has 1 aromatic heterocycles. The molecule has 4 nitrogen and oxygen atoms in total. The van der Waals surface area contributed by atoms with Crippen molar-refractivity contribution >= 4 is 23.1 Å². The molecule has 1 aliphatic carbocycles. The maximum atomic E-state index is 9.29. The molecule has 1 fully saturated rings. The van der Waals surface area contributed by atoms with Gasteiger partial charge in [-0.3, -0.25) is 0 Å². The first-order valence-corrected chi connectivity index (χ1v) is 5.34. The van der Waals surface area contributed by atoms with E-state index < -0.39 is 0 Å². The van der Waals surface area contributed by atoms with Crippen LogP contribution in [0.2, 0.25) is 5.15 Å². The van der Waals surface area contributed by atoms with E-state index in [4.69, 9.17) is 17.3 Å². The zero-order valence-corrected chi connectivity index (χ0v) is 9.09. The quantitative estimate of drug-likeness (QED) is 0.687. The summed E-state index contributed by atoms with van der Waals surface area (Å²) >= 11 is 5.78. The Morgan fingerprint density at radius 2 is 2.27 bits per heavy atom. The minimum absolute atomic E-state index is 0.0979.